The molecule has 4 nitrogen and oxygen atoms in total. The number of hydrazone groups is 1. The minimum absolute atomic E-state index is 0. The molecule has 0 saturated heterocycles. The normalized spacial score (nSPS) is 7.33. The Labute approximate surface area is 37.5 Å². The van der Waals surface area contributed by atoms with E-state index in [9.17, 15) is 0 Å². The van der Waals surface area contributed by atoms with Gasteiger partial charge in [-0.2, -0.15) is 5.10 Å². The number of hydrogen-bond donors (Lipinski definition) is 2. The largest absolute Gasteiger partial charge is 0.322 e. The van der Waals surface area contributed by atoms with E-state index in [1.165, 1.54) is 0 Å². The zero-order valence-corrected chi connectivity index (χ0v) is 3.13. The minimum Gasteiger partial charge on any atom is -0.322 e. The topological polar surface area (TPSA) is 74.6 Å². The Bertz CT molecular complexity index is 49.5. The van der Waals surface area contributed by atoms with Gasteiger partial charge in [-0.3, -0.25) is 0 Å². The fourth-order valence-electron chi connectivity index (χ4n) is 0.0333. The smallest absolute Gasteiger partial charge is 0.156 e. The summed E-state index contributed by atoms with van der Waals surface area (Å²) in [7, 11) is 0. The van der Waals surface area contributed by atoms with E-state index in [-0.39, 0.29) is 8.41 Å². The van der Waals surface area contributed by atoms with Gasteiger partial charge in [-0.15, -0.1) is 5.11 Å². The molecule has 0 heterocycles. The van der Waals surface area contributed by atoms with Gasteiger partial charge in [0.15, 0.2) is 6.34 Å². The van der Waals surface area contributed by atoms with Crippen molar-refractivity contribution >= 4 is 14.8 Å². The predicted molar refractivity (Wildman–Crippen MR) is 23.6 cm³/mol. The van der Waals surface area contributed by atoms with Gasteiger partial charge in [0.25, 0.3) is 0 Å². The zero-order chi connectivity index (χ0) is 4.12. The van der Waals surface area contributed by atoms with Crippen molar-refractivity contribution in [1.82, 2.24) is 0 Å². The second-order valence-corrected chi connectivity index (χ2v) is 0.394. The van der Waals surface area contributed by atoms with Crippen molar-refractivity contribution in [3.05, 3.63) is 0 Å². The van der Waals surface area contributed by atoms with E-state index in [0.717, 1.165) is 6.34 Å². The first-order valence-electron chi connectivity index (χ1n) is 0.998. The third-order valence-corrected chi connectivity index (χ3v) is 0.124. The standard InChI is InChI=1S/CH4N4.B/c2-4-1-5-3;/h1-2H,3H2;. The van der Waals surface area contributed by atoms with Crippen LogP contribution < -0.4 is 5.84 Å². The van der Waals surface area contributed by atoms with E-state index in [1.807, 2.05) is 0 Å². The Balaban J connectivity index is 0. The lowest BCUT2D eigenvalue weighted by atomic mass is 10.8. The molecule has 31 valence electrons. The molecule has 0 fully saturated rings. The molecule has 0 amide bonds. The van der Waals surface area contributed by atoms with Gasteiger partial charge in [0, 0.05) is 8.41 Å². The van der Waals surface area contributed by atoms with E-state index in [4.69, 9.17) is 5.53 Å². The highest BCUT2D eigenvalue weighted by Gasteiger charge is 1.43. The van der Waals surface area contributed by atoms with E-state index in [0.29, 0.717) is 0 Å². The van der Waals surface area contributed by atoms with E-state index in [2.05, 4.69) is 16.1 Å². The van der Waals surface area contributed by atoms with Crippen LogP contribution >= 0.6 is 0 Å². The quantitative estimate of drug-likeness (QED) is 0.110. The molecule has 0 saturated carbocycles. The third-order valence-electron chi connectivity index (χ3n) is 0.124. The van der Waals surface area contributed by atoms with Crippen LogP contribution in [0.3, 0.4) is 0 Å². The van der Waals surface area contributed by atoms with Crippen molar-refractivity contribution in [2.45, 2.75) is 0 Å². The van der Waals surface area contributed by atoms with Gasteiger partial charge < -0.3 is 5.84 Å². The molecule has 0 unspecified atom stereocenters. The first-order chi connectivity index (χ1) is 2.41. The maximum atomic E-state index is 6.00. The van der Waals surface area contributed by atoms with Crippen LogP contribution in [0, 0.1) is 5.53 Å². The molecule has 0 aliphatic rings. The molecular formula is CH4BN4. The SMILES string of the molecule is N=NC=NN.[B]. The first-order valence-corrected chi connectivity index (χ1v) is 0.998. The highest BCUT2D eigenvalue weighted by molar-refractivity contribution is 5.75. The monoisotopic (exact) mass is 83.1 g/mol. The maximum Gasteiger partial charge on any atom is 0.156 e. The van der Waals surface area contributed by atoms with E-state index >= 15 is 0 Å². The highest BCUT2D eigenvalue weighted by Crippen LogP contribution is 1.44. The molecule has 0 spiro atoms. The Kier molecular flexibility index (Phi) is 13.3. The highest BCUT2D eigenvalue weighted by atomic mass is 15.2. The number of rotatable bonds is 1. The maximum absolute atomic E-state index is 6.00. The summed E-state index contributed by atoms with van der Waals surface area (Å²) in [5, 5.41) is 5.56. The molecule has 0 rings (SSSR count). The van der Waals surface area contributed by atoms with Crippen molar-refractivity contribution in [2.24, 2.45) is 16.1 Å². The van der Waals surface area contributed by atoms with Crippen LogP contribution in [-0.4, -0.2) is 14.8 Å². The summed E-state index contributed by atoms with van der Waals surface area (Å²) in [5.41, 5.74) is 6.00. The fraction of sp³-hybridized carbons (Fsp3) is 0. The van der Waals surface area contributed by atoms with Crippen LogP contribution in [-0.2, 0) is 0 Å². The molecule has 3 N–H and O–H groups in total. The van der Waals surface area contributed by atoms with Crippen molar-refractivity contribution in [1.29, 1.82) is 5.53 Å². The molecular weight excluding hydrogens is 78.9 g/mol. The van der Waals surface area contributed by atoms with Gasteiger partial charge in [0.05, 0.1) is 0 Å². The van der Waals surface area contributed by atoms with Crippen molar-refractivity contribution in [2.75, 3.05) is 0 Å². The molecule has 0 bridgehead atoms. The Morgan fingerprint density at radius 1 is 1.67 bits per heavy atom. The number of nitrogens with one attached hydrogen (secondary N) is 1. The average Bonchev–Trinajstić information content (AvgIpc) is 1.41. The number of nitrogens with two attached hydrogens (primary N) is 1. The number of hydrogen-bond acceptors (Lipinski definition) is 3. The molecule has 6 heavy (non-hydrogen) atoms. The van der Waals surface area contributed by atoms with Gasteiger partial charge in [-0.1, -0.05) is 0 Å². The molecule has 0 aromatic rings. The fourth-order valence-corrected chi connectivity index (χ4v) is 0.0333. The summed E-state index contributed by atoms with van der Waals surface area (Å²) in [4.78, 5) is 0. The van der Waals surface area contributed by atoms with E-state index in [1.54, 1.807) is 0 Å². The first kappa shape index (κ1) is 8.93. The van der Waals surface area contributed by atoms with Crippen LogP contribution in [0.25, 0.3) is 0 Å². The van der Waals surface area contributed by atoms with Crippen LogP contribution in [0.1, 0.15) is 0 Å². The molecule has 0 aliphatic carbocycles. The molecule has 0 aliphatic heterocycles. The summed E-state index contributed by atoms with van der Waals surface area (Å²) >= 11 is 0. The molecule has 0 aromatic carbocycles. The summed E-state index contributed by atoms with van der Waals surface area (Å²) in [6.07, 6.45) is 0.944. The molecule has 0 atom stereocenters. The second-order valence-electron chi connectivity index (χ2n) is 0.394. The van der Waals surface area contributed by atoms with Crippen LogP contribution in [0.4, 0.5) is 0 Å². The van der Waals surface area contributed by atoms with Crippen LogP contribution in [0.5, 0.6) is 0 Å². The third kappa shape index (κ3) is 11.1. The summed E-state index contributed by atoms with van der Waals surface area (Å²) in [6, 6.07) is 0. The zero-order valence-electron chi connectivity index (χ0n) is 3.13. The lowest BCUT2D eigenvalue weighted by Gasteiger charge is -1.58. The molecule has 0 aromatic heterocycles. The summed E-state index contributed by atoms with van der Waals surface area (Å²) < 4.78 is 0. The summed E-state index contributed by atoms with van der Waals surface area (Å²) in [6.45, 7) is 0. The second kappa shape index (κ2) is 8.92. The van der Waals surface area contributed by atoms with Crippen molar-refractivity contribution in [3.8, 4) is 0 Å². The Hall–Kier alpha value is -0.865. The van der Waals surface area contributed by atoms with E-state index < -0.39 is 0 Å². The van der Waals surface area contributed by atoms with Gasteiger partial charge in [-0.25, -0.2) is 5.53 Å². The minimum atomic E-state index is 0. The van der Waals surface area contributed by atoms with Gasteiger partial charge in [0.2, 0.25) is 0 Å². The molecule has 5 heteroatoms. The van der Waals surface area contributed by atoms with Crippen LogP contribution in [0.15, 0.2) is 10.2 Å². The average molecular weight is 82.9 g/mol. The van der Waals surface area contributed by atoms with Gasteiger partial charge >= 0.3 is 0 Å². The van der Waals surface area contributed by atoms with Crippen molar-refractivity contribution < 1.29 is 0 Å². The van der Waals surface area contributed by atoms with Crippen LogP contribution in [0.2, 0.25) is 0 Å². The Morgan fingerprint density at radius 3 is 2.17 bits per heavy atom. The van der Waals surface area contributed by atoms with Gasteiger partial charge in [-0.05, 0) is 0 Å². The van der Waals surface area contributed by atoms with Gasteiger partial charge in [0.1, 0.15) is 0 Å². The number of nitrogens with zero attached hydrogens (tertiary/aromatic N) is 2. The van der Waals surface area contributed by atoms with Crippen molar-refractivity contribution in [3.63, 3.8) is 0 Å². The molecule has 3 radical (unpaired) electrons. The Morgan fingerprint density at radius 2 is 2.17 bits per heavy atom. The summed E-state index contributed by atoms with van der Waals surface area (Å²) in [5.74, 6) is 4.49. The lowest BCUT2D eigenvalue weighted by molar-refractivity contribution is 1.17. The predicted octanol–water partition coefficient (Wildman–Crippen LogP) is -0.461. The lowest BCUT2D eigenvalue weighted by Crippen LogP contribution is -1.75.